The van der Waals surface area contributed by atoms with E-state index in [1.807, 2.05) is 0 Å². The second-order valence-electron chi connectivity index (χ2n) is 5.06. The molecule has 1 N–H and O–H groups in total. The van der Waals surface area contributed by atoms with E-state index in [0.717, 1.165) is 45.1 Å². The Morgan fingerprint density at radius 1 is 1.17 bits per heavy atom. The Morgan fingerprint density at radius 2 is 1.94 bits per heavy atom. The number of ether oxygens (including phenoxy) is 2. The molecule has 1 fully saturated rings. The van der Waals surface area contributed by atoms with Crippen LogP contribution >= 0.6 is 0 Å². The zero-order valence-electron chi connectivity index (χ0n) is 11.5. The maximum Gasteiger partial charge on any atom is 0.119 e. The van der Waals surface area contributed by atoms with Gasteiger partial charge >= 0.3 is 0 Å². The number of morpholine rings is 1. The van der Waals surface area contributed by atoms with E-state index in [9.17, 15) is 0 Å². The van der Waals surface area contributed by atoms with Gasteiger partial charge in [-0.1, -0.05) is 6.07 Å². The molecule has 1 aromatic rings. The molecule has 1 saturated heterocycles. The lowest BCUT2D eigenvalue weighted by Crippen LogP contribution is -3.14. The number of hydrogen-bond donors (Lipinski definition) is 1. The van der Waals surface area contributed by atoms with Crippen LogP contribution in [0.1, 0.15) is 17.5 Å². The molecule has 0 spiro atoms. The maximum absolute atomic E-state index is 5.79. The van der Waals surface area contributed by atoms with Crippen LogP contribution in [-0.2, 0) is 4.74 Å². The molecule has 0 radical (unpaired) electrons. The van der Waals surface area contributed by atoms with Crippen molar-refractivity contribution in [3.05, 3.63) is 29.3 Å². The quantitative estimate of drug-likeness (QED) is 0.788. The average Bonchev–Trinajstić information content (AvgIpc) is 2.40. The van der Waals surface area contributed by atoms with Gasteiger partial charge in [0.15, 0.2) is 0 Å². The molecule has 3 nitrogen and oxygen atoms in total. The van der Waals surface area contributed by atoms with Crippen molar-refractivity contribution in [3.63, 3.8) is 0 Å². The third kappa shape index (κ3) is 4.00. The van der Waals surface area contributed by atoms with Crippen LogP contribution in [0.5, 0.6) is 5.75 Å². The largest absolute Gasteiger partial charge is 0.493 e. The summed E-state index contributed by atoms with van der Waals surface area (Å²) in [5.74, 6) is 0.995. The third-order valence-corrected chi connectivity index (χ3v) is 3.62. The van der Waals surface area contributed by atoms with Crippen molar-refractivity contribution in [3.8, 4) is 5.75 Å². The summed E-state index contributed by atoms with van der Waals surface area (Å²) in [7, 11) is 0. The van der Waals surface area contributed by atoms with Crippen LogP contribution in [-0.4, -0.2) is 39.5 Å². The summed E-state index contributed by atoms with van der Waals surface area (Å²) < 4.78 is 11.1. The maximum atomic E-state index is 5.79. The van der Waals surface area contributed by atoms with E-state index in [2.05, 4.69) is 32.0 Å². The van der Waals surface area contributed by atoms with Crippen LogP contribution in [0.15, 0.2) is 18.2 Å². The number of benzene rings is 1. The SMILES string of the molecule is Cc1ccc(OCCC[NH+]2CCOCC2)cc1C. The molecule has 0 amide bonds. The van der Waals surface area contributed by atoms with Crippen molar-refractivity contribution in [2.24, 2.45) is 0 Å². The minimum absolute atomic E-state index is 0.812. The van der Waals surface area contributed by atoms with Gasteiger partial charge in [0, 0.05) is 6.42 Å². The van der Waals surface area contributed by atoms with Gasteiger partial charge in [-0.05, 0) is 37.1 Å². The van der Waals surface area contributed by atoms with E-state index in [4.69, 9.17) is 9.47 Å². The lowest BCUT2D eigenvalue weighted by Gasteiger charge is -2.23. The number of aryl methyl sites for hydroxylation is 2. The molecule has 0 aliphatic carbocycles. The number of nitrogens with one attached hydrogen (secondary N) is 1. The normalized spacial score (nSPS) is 16.8. The molecule has 0 atom stereocenters. The fourth-order valence-corrected chi connectivity index (χ4v) is 2.23. The third-order valence-electron chi connectivity index (χ3n) is 3.62. The Morgan fingerprint density at radius 3 is 2.67 bits per heavy atom. The molecule has 0 unspecified atom stereocenters. The van der Waals surface area contributed by atoms with Crippen molar-refractivity contribution in [2.45, 2.75) is 20.3 Å². The van der Waals surface area contributed by atoms with Crippen LogP contribution in [0.25, 0.3) is 0 Å². The molecule has 1 aromatic carbocycles. The van der Waals surface area contributed by atoms with Gasteiger partial charge in [-0.25, -0.2) is 0 Å². The zero-order valence-corrected chi connectivity index (χ0v) is 11.5. The Kier molecular flexibility index (Phi) is 5.02. The van der Waals surface area contributed by atoms with E-state index in [-0.39, 0.29) is 0 Å². The van der Waals surface area contributed by atoms with Crippen LogP contribution in [0.2, 0.25) is 0 Å². The summed E-state index contributed by atoms with van der Waals surface area (Å²) in [6, 6.07) is 6.30. The minimum Gasteiger partial charge on any atom is -0.493 e. The van der Waals surface area contributed by atoms with Gasteiger partial charge in [0.1, 0.15) is 18.8 Å². The van der Waals surface area contributed by atoms with E-state index in [1.54, 1.807) is 4.90 Å². The highest BCUT2D eigenvalue weighted by atomic mass is 16.5. The topological polar surface area (TPSA) is 22.9 Å². The van der Waals surface area contributed by atoms with Gasteiger partial charge in [0.25, 0.3) is 0 Å². The highest BCUT2D eigenvalue weighted by molar-refractivity contribution is 5.33. The van der Waals surface area contributed by atoms with E-state index < -0.39 is 0 Å². The molecular formula is C15H24NO2+. The Labute approximate surface area is 110 Å². The molecule has 2 rings (SSSR count). The number of quaternary nitrogens is 1. The predicted molar refractivity (Wildman–Crippen MR) is 72.4 cm³/mol. The summed E-state index contributed by atoms with van der Waals surface area (Å²) in [6.45, 7) is 10.4. The summed E-state index contributed by atoms with van der Waals surface area (Å²) in [6.07, 6.45) is 1.11. The molecule has 100 valence electrons. The van der Waals surface area contributed by atoms with Crippen molar-refractivity contribution in [1.82, 2.24) is 0 Å². The summed E-state index contributed by atoms with van der Waals surface area (Å²) in [5, 5.41) is 0. The smallest absolute Gasteiger partial charge is 0.119 e. The van der Waals surface area contributed by atoms with Gasteiger partial charge < -0.3 is 14.4 Å². The molecule has 1 heterocycles. The number of rotatable bonds is 5. The van der Waals surface area contributed by atoms with Gasteiger partial charge in [-0.15, -0.1) is 0 Å². The highest BCUT2D eigenvalue weighted by Crippen LogP contribution is 2.16. The fourth-order valence-electron chi connectivity index (χ4n) is 2.23. The first-order valence-corrected chi connectivity index (χ1v) is 6.87. The van der Waals surface area contributed by atoms with Crippen LogP contribution in [0, 0.1) is 13.8 Å². The van der Waals surface area contributed by atoms with E-state index >= 15 is 0 Å². The Bertz CT molecular complexity index is 373. The highest BCUT2D eigenvalue weighted by Gasteiger charge is 2.12. The van der Waals surface area contributed by atoms with Crippen molar-refractivity contribution >= 4 is 0 Å². The van der Waals surface area contributed by atoms with Crippen LogP contribution in [0.4, 0.5) is 0 Å². The van der Waals surface area contributed by atoms with Gasteiger partial charge in [0.05, 0.1) is 26.4 Å². The average molecular weight is 250 g/mol. The van der Waals surface area contributed by atoms with Gasteiger partial charge in [-0.2, -0.15) is 0 Å². The lowest BCUT2D eigenvalue weighted by molar-refractivity contribution is -0.908. The summed E-state index contributed by atoms with van der Waals surface area (Å²) in [4.78, 5) is 1.64. The standard InChI is InChI=1S/C15H23NO2/c1-13-4-5-15(12-14(13)2)18-9-3-6-16-7-10-17-11-8-16/h4-5,12H,3,6-11H2,1-2H3/p+1. The van der Waals surface area contributed by atoms with Gasteiger partial charge in [0.2, 0.25) is 0 Å². The second-order valence-corrected chi connectivity index (χ2v) is 5.06. The monoisotopic (exact) mass is 250 g/mol. The molecule has 1 aliphatic rings. The molecule has 0 aromatic heterocycles. The summed E-state index contributed by atoms with van der Waals surface area (Å²) >= 11 is 0. The zero-order chi connectivity index (χ0) is 12.8. The molecule has 3 heteroatoms. The van der Waals surface area contributed by atoms with Crippen molar-refractivity contribution in [2.75, 3.05) is 39.5 Å². The predicted octanol–water partition coefficient (Wildman–Crippen LogP) is 0.987. The van der Waals surface area contributed by atoms with Gasteiger partial charge in [-0.3, -0.25) is 0 Å². The first-order chi connectivity index (χ1) is 8.75. The summed E-state index contributed by atoms with van der Waals surface area (Å²) in [5.41, 5.74) is 2.62. The first kappa shape index (κ1) is 13.4. The lowest BCUT2D eigenvalue weighted by atomic mass is 10.1. The molecule has 0 saturated carbocycles. The van der Waals surface area contributed by atoms with Crippen molar-refractivity contribution in [1.29, 1.82) is 0 Å². The van der Waals surface area contributed by atoms with E-state index in [1.165, 1.54) is 17.7 Å². The Balaban J connectivity index is 1.66. The minimum atomic E-state index is 0.812. The second kappa shape index (κ2) is 6.76. The molecule has 18 heavy (non-hydrogen) atoms. The number of hydrogen-bond acceptors (Lipinski definition) is 2. The molecule has 0 bridgehead atoms. The molecular weight excluding hydrogens is 226 g/mol. The molecule has 1 aliphatic heterocycles. The Hall–Kier alpha value is -1.06. The van der Waals surface area contributed by atoms with Crippen LogP contribution < -0.4 is 9.64 Å². The first-order valence-electron chi connectivity index (χ1n) is 6.87. The fraction of sp³-hybridized carbons (Fsp3) is 0.600. The van der Waals surface area contributed by atoms with E-state index in [0.29, 0.717) is 0 Å². The van der Waals surface area contributed by atoms with Crippen LogP contribution in [0.3, 0.4) is 0 Å². The van der Waals surface area contributed by atoms with Crippen molar-refractivity contribution < 1.29 is 14.4 Å².